The van der Waals surface area contributed by atoms with Gasteiger partial charge in [-0.05, 0) is 61.7 Å². The zero-order chi connectivity index (χ0) is 20.0. The van der Waals surface area contributed by atoms with Crippen molar-refractivity contribution in [2.75, 3.05) is 13.2 Å². The number of ether oxygens (including phenoxy) is 2. The first-order valence-corrected chi connectivity index (χ1v) is 10.4. The second-order valence-corrected chi connectivity index (χ2v) is 8.08. The SMILES string of the molecule is CCOc1ccc([C@@H](NS(=O)(=O)c2ccc(F)cc2)C(C)C)cc1OCC. The summed E-state index contributed by atoms with van der Waals surface area (Å²) in [6.07, 6.45) is 0. The summed E-state index contributed by atoms with van der Waals surface area (Å²) in [6, 6.07) is 9.68. The van der Waals surface area contributed by atoms with Crippen molar-refractivity contribution >= 4 is 10.0 Å². The van der Waals surface area contributed by atoms with Gasteiger partial charge in [0.15, 0.2) is 11.5 Å². The molecule has 0 saturated carbocycles. The number of sulfonamides is 1. The standard InChI is InChI=1S/C20H26FNO4S/c1-5-25-18-12-7-15(13-19(18)26-6-2)20(14(3)4)22-27(23,24)17-10-8-16(21)9-11-17/h7-14,20,22H,5-6H2,1-4H3/t20-/m0/s1. The van der Waals surface area contributed by atoms with Gasteiger partial charge in [-0.25, -0.2) is 17.5 Å². The highest BCUT2D eigenvalue weighted by atomic mass is 32.2. The van der Waals surface area contributed by atoms with Gasteiger partial charge in [-0.1, -0.05) is 19.9 Å². The highest BCUT2D eigenvalue weighted by Gasteiger charge is 2.25. The van der Waals surface area contributed by atoms with Crippen LogP contribution in [-0.2, 0) is 10.0 Å². The Bertz CT molecular complexity index is 851. The third-order valence-electron chi connectivity index (χ3n) is 4.00. The Morgan fingerprint density at radius 3 is 2.11 bits per heavy atom. The maximum absolute atomic E-state index is 13.1. The number of halogens is 1. The summed E-state index contributed by atoms with van der Waals surface area (Å²) in [7, 11) is -3.80. The lowest BCUT2D eigenvalue weighted by Crippen LogP contribution is -2.31. The van der Waals surface area contributed by atoms with Crippen LogP contribution in [0, 0.1) is 11.7 Å². The summed E-state index contributed by atoms with van der Waals surface area (Å²) in [4.78, 5) is 0.0190. The monoisotopic (exact) mass is 395 g/mol. The van der Waals surface area contributed by atoms with Crippen LogP contribution in [0.5, 0.6) is 11.5 Å². The van der Waals surface area contributed by atoms with Crippen molar-refractivity contribution in [3.05, 3.63) is 53.8 Å². The van der Waals surface area contributed by atoms with E-state index in [1.807, 2.05) is 33.8 Å². The molecule has 2 aromatic carbocycles. The van der Waals surface area contributed by atoms with Crippen molar-refractivity contribution in [3.63, 3.8) is 0 Å². The molecular formula is C20H26FNO4S. The van der Waals surface area contributed by atoms with E-state index in [9.17, 15) is 12.8 Å². The maximum Gasteiger partial charge on any atom is 0.241 e. The van der Waals surface area contributed by atoms with Crippen LogP contribution in [0.15, 0.2) is 47.4 Å². The Balaban J connectivity index is 2.37. The molecule has 0 unspecified atom stereocenters. The summed E-state index contributed by atoms with van der Waals surface area (Å²) in [5.41, 5.74) is 0.766. The van der Waals surface area contributed by atoms with Gasteiger partial charge in [0, 0.05) is 6.04 Å². The van der Waals surface area contributed by atoms with Gasteiger partial charge in [0.05, 0.1) is 18.1 Å². The first kappa shape index (κ1) is 21.2. The van der Waals surface area contributed by atoms with E-state index < -0.39 is 21.9 Å². The molecule has 0 aliphatic carbocycles. The minimum absolute atomic E-state index is 0.0190. The molecule has 1 N–H and O–H groups in total. The Morgan fingerprint density at radius 2 is 1.56 bits per heavy atom. The molecule has 0 fully saturated rings. The second kappa shape index (κ2) is 9.19. The lowest BCUT2D eigenvalue weighted by molar-refractivity contribution is 0.287. The van der Waals surface area contributed by atoms with E-state index in [1.54, 1.807) is 12.1 Å². The Morgan fingerprint density at radius 1 is 0.963 bits per heavy atom. The molecule has 7 heteroatoms. The van der Waals surface area contributed by atoms with Crippen LogP contribution in [0.2, 0.25) is 0 Å². The molecule has 0 bridgehead atoms. The fourth-order valence-electron chi connectivity index (χ4n) is 2.70. The van der Waals surface area contributed by atoms with Crippen LogP contribution >= 0.6 is 0 Å². The van der Waals surface area contributed by atoms with Gasteiger partial charge in [0.2, 0.25) is 10.0 Å². The largest absolute Gasteiger partial charge is 0.490 e. The first-order valence-electron chi connectivity index (χ1n) is 8.96. The summed E-state index contributed by atoms with van der Waals surface area (Å²) in [5.74, 6) is 0.686. The van der Waals surface area contributed by atoms with Crippen molar-refractivity contribution in [2.45, 2.75) is 38.6 Å². The van der Waals surface area contributed by atoms with Crippen molar-refractivity contribution in [2.24, 2.45) is 5.92 Å². The molecule has 148 valence electrons. The third kappa shape index (κ3) is 5.43. The summed E-state index contributed by atoms with van der Waals surface area (Å²) < 4.78 is 52.5. The summed E-state index contributed by atoms with van der Waals surface area (Å²) >= 11 is 0. The molecule has 0 spiro atoms. The van der Waals surface area contributed by atoms with Crippen LogP contribution in [-0.4, -0.2) is 21.6 Å². The predicted molar refractivity (Wildman–Crippen MR) is 103 cm³/mol. The van der Waals surface area contributed by atoms with Gasteiger partial charge in [0.25, 0.3) is 0 Å². The lowest BCUT2D eigenvalue weighted by Gasteiger charge is -2.24. The maximum atomic E-state index is 13.1. The quantitative estimate of drug-likeness (QED) is 0.688. The van der Waals surface area contributed by atoms with Gasteiger partial charge in [0.1, 0.15) is 5.82 Å². The van der Waals surface area contributed by atoms with Gasteiger partial charge < -0.3 is 9.47 Å². The third-order valence-corrected chi connectivity index (χ3v) is 5.46. The molecule has 0 aliphatic rings. The molecule has 0 radical (unpaired) electrons. The molecule has 2 rings (SSSR count). The smallest absolute Gasteiger partial charge is 0.241 e. The van der Waals surface area contributed by atoms with Gasteiger partial charge in [-0.2, -0.15) is 0 Å². The van der Waals surface area contributed by atoms with Gasteiger partial charge in [-0.15, -0.1) is 0 Å². The van der Waals surface area contributed by atoms with Crippen molar-refractivity contribution in [1.82, 2.24) is 4.72 Å². The van der Waals surface area contributed by atoms with E-state index >= 15 is 0 Å². The molecule has 0 aliphatic heterocycles. The minimum atomic E-state index is -3.80. The van der Waals surface area contributed by atoms with E-state index in [2.05, 4.69) is 4.72 Å². The van der Waals surface area contributed by atoms with Crippen molar-refractivity contribution in [1.29, 1.82) is 0 Å². The zero-order valence-corrected chi connectivity index (χ0v) is 16.8. The normalized spacial score (nSPS) is 12.8. The summed E-state index contributed by atoms with van der Waals surface area (Å²) in [6.45, 7) is 8.58. The molecule has 27 heavy (non-hydrogen) atoms. The van der Waals surface area contributed by atoms with Crippen molar-refractivity contribution < 1.29 is 22.3 Å². The molecular weight excluding hydrogens is 369 g/mol. The van der Waals surface area contributed by atoms with Crippen LogP contribution in [0.1, 0.15) is 39.3 Å². The van der Waals surface area contributed by atoms with E-state index in [0.29, 0.717) is 24.7 Å². The molecule has 2 aromatic rings. The lowest BCUT2D eigenvalue weighted by atomic mass is 9.97. The number of hydrogen-bond acceptors (Lipinski definition) is 4. The zero-order valence-electron chi connectivity index (χ0n) is 16.0. The molecule has 0 heterocycles. The van der Waals surface area contributed by atoms with Crippen LogP contribution in [0.3, 0.4) is 0 Å². The molecule has 0 aromatic heterocycles. The van der Waals surface area contributed by atoms with E-state index in [4.69, 9.17) is 9.47 Å². The summed E-state index contributed by atoms with van der Waals surface area (Å²) in [5, 5.41) is 0. The predicted octanol–water partition coefficient (Wildman–Crippen LogP) is 4.30. The minimum Gasteiger partial charge on any atom is -0.490 e. The van der Waals surface area contributed by atoms with Gasteiger partial charge in [-0.3, -0.25) is 0 Å². The average Bonchev–Trinajstić information content (AvgIpc) is 2.62. The van der Waals surface area contributed by atoms with E-state index in [-0.39, 0.29) is 10.8 Å². The number of rotatable bonds is 9. The average molecular weight is 395 g/mol. The number of benzene rings is 2. The van der Waals surface area contributed by atoms with Crippen LogP contribution in [0.25, 0.3) is 0 Å². The highest BCUT2D eigenvalue weighted by Crippen LogP contribution is 2.33. The van der Waals surface area contributed by atoms with Gasteiger partial charge >= 0.3 is 0 Å². The molecule has 0 saturated heterocycles. The number of hydrogen-bond donors (Lipinski definition) is 1. The van der Waals surface area contributed by atoms with E-state index in [0.717, 1.165) is 17.7 Å². The Kier molecular flexibility index (Phi) is 7.21. The fourth-order valence-corrected chi connectivity index (χ4v) is 4.07. The van der Waals surface area contributed by atoms with Crippen molar-refractivity contribution in [3.8, 4) is 11.5 Å². The topological polar surface area (TPSA) is 64.6 Å². The highest BCUT2D eigenvalue weighted by molar-refractivity contribution is 7.89. The fraction of sp³-hybridized carbons (Fsp3) is 0.400. The van der Waals surface area contributed by atoms with E-state index in [1.165, 1.54) is 12.1 Å². The second-order valence-electron chi connectivity index (χ2n) is 6.37. The van der Waals surface area contributed by atoms with Crippen LogP contribution in [0.4, 0.5) is 4.39 Å². The first-order chi connectivity index (χ1) is 12.8. The van der Waals surface area contributed by atoms with Crippen LogP contribution < -0.4 is 14.2 Å². The molecule has 0 amide bonds. The molecule has 1 atom stereocenters. The Hall–Kier alpha value is -2.12. The molecule has 5 nitrogen and oxygen atoms in total. The number of nitrogens with one attached hydrogen (secondary N) is 1. The Labute approximate surface area is 160 Å².